The van der Waals surface area contributed by atoms with Gasteiger partial charge in [-0.25, -0.2) is 0 Å². The highest BCUT2D eigenvalue weighted by molar-refractivity contribution is 6.02. The second kappa shape index (κ2) is 8.56. The van der Waals surface area contributed by atoms with Gasteiger partial charge < -0.3 is 10.6 Å². The second-order valence-electron chi connectivity index (χ2n) is 7.09. The minimum absolute atomic E-state index is 0.0447. The van der Waals surface area contributed by atoms with E-state index in [-0.39, 0.29) is 11.8 Å². The van der Waals surface area contributed by atoms with Crippen LogP contribution in [0.15, 0.2) is 73.1 Å². The lowest BCUT2D eigenvalue weighted by Gasteiger charge is -2.05. The zero-order valence-corrected chi connectivity index (χ0v) is 15.9. The normalized spacial score (nSPS) is 13.4. The Hall–Kier alpha value is -3.67. The lowest BCUT2D eigenvalue weighted by Crippen LogP contribution is -2.25. The molecule has 6 heteroatoms. The molecule has 3 aromatic rings. The molecule has 6 nitrogen and oxygen atoms in total. The van der Waals surface area contributed by atoms with Gasteiger partial charge in [-0.3, -0.25) is 14.3 Å². The smallest absolute Gasteiger partial charge is 0.251 e. The van der Waals surface area contributed by atoms with Gasteiger partial charge in [0.15, 0.2) is 0 Å². The molecule has 0 atom stereocenters. The van der Waals surface area contributed by atoms with Crippen LogP contribution < -0.4 is 10.6 Å². The van der Waals surface area contributed by atoms with Crippen LogP contribution in [0.3, 0.4) is 0 Å². The van der Waals surface area contributed by atoms with Gasteiger partial charge in [0, 0.05) is 35.8 Å². The van der Waals surface area contributed by atoms with Crippen LogP contribution in [0.25, 0.3) is 6.08 Å². The SMILES string of the molecule is O=C(/C=C/c1ccc(C(=O)NC2CC2)cc1)Nc1ccc(Cn2cccn2)cc1. The molecular formula is C23H22N4O2. The third-order valence-electron chi connectivity index (χ3n) is 4.64. The Morgan fingerprint density at radius 3 is 2.48 bits per heavy atom. The van der Waals surface area contributed by atoms with Gasteiger partial charge in [0.05, 0.1) is 6.54 Å². The largest absolute Gasteiger partial charge is 0.349 e. The van der Waals surface area contributed by atoms with Crippen LogP contribution >= 0.6 is 0 Å². The highest BCUT2D eigenvalue weighted by atomic mass is 16.2. The van der Waals surface area contributed by atoms with E-state index in [9.17, 15) is 9.59 Å². The van der Waals surface area contributed by atoms with Crippen molar-refractivity contribution in [3.8, 4) is 0 Å². The number of amides is 2. The van der Waals surface area contributed by atoms with E-state index in [0.29, 0.717) is 18.2 Å². The van der Waals surface area contributed by atoms with Crippen LogP contribution in [-0.2, 0) is 11.3 Å². The number of anilines is 1. The van der Waals surface area contributed by atoms with Crippen molar-refractivity contribution in [3.63, 3.8) is 0 Å². The average molecular weight is 386 g/mol. The lowest BCUT2D eigenvalue weighted by atomic mass is 10.1. The Morgan fingerprint density at radius 2 is 1.83 bits per heavy atom. The summed E-state index contributed by atoms with van der Waals surface area (Å²) in [4.78, 5) is 24.1. The number of nitrogens with one attached hydrogen (secondary N) is 2. The average Bonchev–Trinajstić information content (AvgIpc) is 3.40. The molecular weight excluding hydrogens is 364 g/mol. The molecule has 146 valence electrons. The summed E-state index contributed by atoms with van der Waals surface area (Å²) in [5.74, 6) is -0.253. The van der Waals surface area contributed by atoms with Crippen molar-refractivity contribution in [2.45, 2.75) is 25.4 Å². The van der Waals surface area contributed by atoms with E-state index in [4.69, 9.17) is 0 Å². The molecule has 1 fully saturated rings. The molecule has 0 saturated heterocycles. The molecule has 0 bridgehead atoms. The zero-order valence-electron chi connectivity index (χ0n) is 15.9. The quantitative estimate of drug-likeness (QED) is 0.611. The summed E-state index contributed by atoms with van der Waals surface area (Å²) in [7, 11) is 0. The van der Waals surface area contributed by atoms with Crippen LogP contribution in [0.5, 0.6) is 0 Å². The van der Waals surface area contributed by atoms with Crippen molar-refractivity contribution in [3.05, 3.63) is 89.8 Å². The Morgan fingerprint density at radius 1 is 1.07 bits per heavy atom. The summed E-state index contributed by atoms with van der Waals surface area (Å²) < 4.78 is 1.84. The Bertz CT molecular complexity index is 1000. The summed E-state index contributed by atoms with van der Waals surface area (Å²) in [6, 6.07) is 17.1. The highest BCUT2D eigenvalue weighted by Crippen LogP contribution is 2.19. The third kappa shape index (κ3) is 5.42. The molecule has 1 heterocycles. The van der Waals surface area contributed by atoms with Gasteiger partial charge in [0.1, 0.15) is 0 Å². The maximum absolute atomic E-state index is 12.2. The van der Waals surface area contributed by atoms with Crippen LogP contribution in [0, 0.1) is 0 Å². The maximum atomic E-state index is 12.2. The zero-order chi connectivity index (χ0) is 20.1. The first kappa shape index (κ1) is 18.7. The first-order chi connectivity index (χ1) is 14.2. The van der Waals surface area contributed by atoms with Gasteiger partial charge in [-0.2, -0.15) is 5.10 Å². The standard InChI is InChI=1S/C23H22N4O2/c28-22(25-20-9-4-18(5-10-20)16-27-15-1-14-24-27)13-6-17-2-7-19(8-3-17)23(29)26-21-11-12-21/h1-10,13-15,21H,11-12,16H2,(H,25,28)(H,26,29)/b13-6+. The molecule has 29 heavy (non-hydrogen) atoms. The summed E-state index contributed by atoms with van der Waals surface area (Å²) in [5.41, 5.74) is 3.33. The molecule has 0 spiro atoms. The molecule has 0 unspecified atom stereocenters. The molecule has 2 amide bonds. The number of rotatable bonds is 7. The second-order valence-corrected chi connectivity index (χ2v) is 7.09. The highest BCUT2D eigenvalue weighted by Gasteiger charge is 2.23. The van der Waals surface area contributed by atoms with E-state index < -0.39 is 0 Å². The predicted molar refractivity (Wildman–Crippen MR) is 112 cm³/mol. The van der Waals surface area contributed by atoms with Crippen molar-refractivity contribution < 1.29 is 9.59 Å². The van der Waals surface area contributed by atoms with E-state index in [2.05, 4.69) is 15.7 Å². The fourth-order valence-corrected chi connectivity index (χ4v) is 2.87. The van der Waals surface area contributed by atoms with Crippen LogP contribution in [0.4, 0.5) is 5.69 Å². The van der Waals surface area contributed by atoms with Crippen molar-refractivity contribution in [2.24, 2.45) is 0 Å². The van der Waals surface area contributed by atoms with E-state index in [0.717, 1.165) is 29.7 Å². The van der Waals surface area contributed by atoms with E-state index >= 15 is 0 Å². The van der Waals surface area contributed by atoms with Gasteiger partial charge in [-0.15, -0.1) is 0 Å². The van der Waals surface area contributed by atoms with Crippen LogP contribution in [0.2, 0.25) is 0 Å². The van der Waals surface area contributed by atoms with Gasteiger partial charge in [0.2, 0.25) is 5.91 Å². The number of carbonyl (C=O) groups is 2. The topological polar surface area (TPSA) is 76.0 Å². The molecule has 1 aliphatic rings. The first-order valence-corrected chi connectivity index (χ1v) is 9.62. The minimum Gasteiger partial charge on any atom is -0.349 e. The Kier molecular flexibility index (Phi) is 5.52. The molecule has 2 N–H and O–H groups in total. The number of hydrogen-bond donors (Lipinski definition) is 2. The Balaban J connectivity index is 1.29. The van der Waals surface area contributed by atoms with Gasteiger partial charge >= 0.3 is 0 Å². The van der Waals surface area contributed by atoms with E-state index in [1.807, 2.05) is 53.3 Å². The van der Waals surface area contributed by atoms with Gasteiger partial charge in [-0.05, 0) is 60.4 Å². The van der Waals surface area contributed by atoms with E-state index in [1.165, 1.54) is 6.08 Å². The fourth-order valence-electron chi connectivity index (χ4n) is 2.87. The third-order valence-corrected chi connectivity index (χ3v) is 4.64. The number of hydrogen-bond acceptors (Lipinski definition) is 3. The number of carbonyl (C=O) groups excluding carboxylic acids is 2. The first-order valence-electron chi connectivity index (χ1n) is 9.62. The number of benzene rings is 2. The van der Waals surface area contributed by atoms with Crippen LogP contribution in [-0.4, -0.2) is 27.6 Å². The summed E-state index contributed by atoms with van der Waals surface area (Å²) in [6.45, 7) is 0.690. The summed E-state index contributed by atoms with van der Waals surface area (Å²) in [6.07, 6.45) is 8.99. The molecule has 4 rings (SSSR count). The molecule has 1 aromatic heterocycles. The van der Waals surface area contributed by atoms with Crippen molar-refractivity contribution in [1.82, 2.24) is 15.1 Å². The van der Waals surface area contributed by atoms with Gasteiger partial charge in [-0.1, -0.05) is 24.3 Å². The van der Waals surface area contributed by atoms with Gasteiger partial charge in [0.25, 0.3) is 5.91 Å². The summed E-state index contributed by atoms with van der Waals surface area (Å²) in [5, 5.41) is 9.98. The molecule has 1 aliphatic carbocycles. The summed E-state index contributed by atoms with van der Waals surface area (Å²) >= 11 is 0. The van der Waals surface area contributed by atoms with Crippen molar-refractivity contribution in [2.75, 3.05) is 5.32 Å². The van der Waals surface area contributed by atoms with Crippen LogP contribution in [0.1, 0.15) is 34.3 Å². The molecule has 0 aliphatic heterocycles. The number of aromatic nitrogens is 2. The van der Waals surface area contributed by atoms with Crippen molar-refractivity contribution >= 4 is 23.6 Å². The van der Waals surface area contributed by atoms with Crippen molar-refractivity contribution in [1.29, 1.82) is 0 Å². The van der Waals surface area contributed by atoms with E-state index in [1.54, 1.807) is 24.4 Å². The lowest BCUT2D eigenvalue weighted by molar-refractivity contribution is -0.111. The number of nitrogens with zero attached hydrogens (tertiary/aromatic N) is 2. The molecule has 1 saturated carbocycles. The fraction of sp³-hybridized carbons (Fsp3) is 0.174. The Labute approximate surface area is 169 Å². The monoisotopic (exact) mass is 386 g/mol. The molecule has 0 radical (unpaired) electrons. The minimum atomic E-state index is -0.208. The predicted octanol–water partition coefficient (Wildman–Crippen LogP) is 3.48. The maximum Gasteiger partial charge on any atom is 0.251 e. The molecule has 2 aromatic carbocycles.